The number of hydrogen-bond acceptors (Lipinski definition) is 2. The summed E-state index contributed by atoms with van der Waals surface area (Å²) in [6, 6.07) is 6.54. The molecule has 0 unspecified atom stereocenters. The molecular formula is C13H16FN3. The number of rotatable bonds is 4. The number of hydrogen-bond donors (Lipinski definition) is 2. The Balaban J connectivity index is 2.15. The van der Waals surface area contributed by atoms with Crippen molar-refractivity contribution >= 4 is 0 Å². The van der Waals surface area contributed by atoms with Crippen LogP contribution in [0.5, 0.6) is 0 Å². The Morgan fingerprint density at radius 1 is 1.29 bits per heavy atom. The summed E-state index contributed by atoms with van der Waals surface area (Å²) in [7, 11) is 1.89. The highest BCUT2D eigenvalue weighted by Gasteiger charge is 2.06. The highest BCUT2D eigenvalue weighted by atomic mass is 19.1. The molecule has 0 radical (unpaired) electrons. The van der Waals surface area contributed by atoms with Gasteiger partial charge in [-0.25, -0.2) is 9.37 Å². The first-order chi connectivity index (χ1) is 8.19. The van der Waals surface area contributed by atoms with Gasteiger partial charge in [-0.2, -0.15) is 0 Å². The van der Waals surface area contributed by atoms with Crippen LogP contribution >= 0.6 is 0 Å². The minimum absolute atomic E-state index is 0.205. The maximum atomic E-state index is 12.8. The van der Waals surface area contributed by atoms with Crippen molar-refractivity contribution in [3.8, 4) is 0 Å². The first-order valence-corrected chi connectivity index (χ1v) is 5.62. The maximum Gasteiger partial charge on any atom is 0.123 e. The molecule has 0 atom stereocenters. The first kappa shape index (κ1) is 11.8. The Labute approximate surface area is 100 Å². The second-order valence-corrected chi connectivity index (χ2v) is 4.09. The molecule has 0 amide bonds. The van der Waals surface area contributed by atoms with E-state index in [0.29, 0.717) is 0 Å². The van der Waals surface area contributed by atoms with Gasteiger partial charge in [0.15, 0.2) is 0 Å². The third kappa shape index (κ3) is 2.91. The van der Waals surface area contributed by atoms with Crippen LogP contribution in [0.2, 0.25) is 0 Å². The number of aromatic nitrogens is 2. The Bertz CT molecular complexity index is 488. The van der Waals surface area contributed by atoms with Gasteiger partial charge in [0.05, 0.1) is 12.2 Å². The van der Waals surface area contributed by atoms with Crippen molar-refractivity contribution in [2.45, 2.75) is 19.9 Å². The molecule has 0 aliphatic rings. The van der Waals surface area contributed by atoms with Crippen LogP contribution in [0.25, 0.3) is 0 Å². The van der Waals surface area contributed by atoms with Crippen LogP contribution in [-0.4, -0.2) is 17.0 Å². The van der Waals surface area contributed by atoms with Gasteiger partial charge in [-0.3, -0.25) is 0 Å². The van der Waals surface area contributed by atoms with Gasteiger partial charge < -0.3 is 10.3 Å². The van der Waals surface area contributed by atoms with E-state index < -0.39 is 0 Å². The quantitative estimate of drug-likeness (QED) is 0.849. The average Bonchev–Trinajstić information content (AvgIpc) is 2.63. The summed E-state index contributed by atoms with van der Waals surface area (Å²) in [4.78, 5) is 7.73. The molecule has 1 aromatic carbocycles. The highest BCUT2D eigenvalue weighted by Crippen LogP contribution is 2.12. The highest BCUT2D eigenvalue weighted by molar-refractivity contribution is 5.25. The van der Waals surface area contributed by atoms with Gasteiger partial charge in [0.1, 0.15) is 11.6 Å². The topological polar surface area (TPSA) is 40.7 Å². The van der Waals surface area contributed by atoms with Crippen molar-refractivity contribution in [3.05, 3.63) is 52.9 Å². The molecule has 0 aliphatic carbocycles. The minimum Gasteiger partial charge on any atom is -0.345 e. The van der Waals surface area contributed by atoms with Crippen molar-refractivity contribution in [1.82, 2.24) is 15.3 Å². The van der Waals surface area contributed by atoms with E-state index in [-0.39, 0.29) is 5.82 Å². The number of benzene rings is 1. The Morgan fingerprint density at radius 3 is 2.65 bits per heavy atom. The zero-order valence-electron chi connectivity index (χ0n) is 10.0. The van der Waals surface area contributed by atoms with Crippen molar-refractivity contribution < 1.29 is 4.39 Å². The van der Waals surface area contributed by atoms with Crippen LogP contribution in [0.3, 0.4) is 0 Å². The van der Waals surface area contributed by atoms with Gasteiger partial charge in [-0.05, 0) is 31.7 Å². The Morgan fingerprint density at radius 2 is 2.00 bits per heavy atom. The number of imidazole rings is 1. The minimum atomic E-state index is -0.205. The second kappa shape index (κ2) is 5.10. The molecule has 3 nitrogen and oxygen atoms in total. The van der Waals surface area contributed by atoms with Crippen molar-refractivity contribution in [2.24, 2.45) is 0 Å². The van der Waals surface area contributed by atoms with Crippen LogP contribution in [0.1, 0.15) is 22.8 Å². The second-order valence-electron chi connectivity index (χ2n) is 4.09. The van der Waals surface area contributed by atoms with Gasteiger partial charge in [-0.15, -0.1) is 0 Å². The van der Waals surface area contributed by atoms with Gasteiger partial charge in [0.25, 0.3) is 0 Å². The Hall–Kier alpha value is -1.68. The van der Waals surface area contributed by atoms with Crippen LogP contribution in [-0.2, 0) is 13.0 Å². The monoisotopic (exact) mass is 233 g/mol. The molecule has 2 rings (SSSR count). The summed E-state index contributed by atoms with van der Waals surface area (Å²) in [5.74, 6) is 0.727. The maximum absolute atomic E-state index is 12.8. The fourth-order valence-electron chi connectivity index (χ4n) is 1.78. The molecule has 2 aromatic rings. The molecule has 0 fully saturated rings. The average molecular weight is 233 g/mol. The van der Waals surface area contributed by atoms with Crippen molar-refractivity contribution in [3.63, 3.8) is 0 Å². The molecule has 2 N–H and O–H groups in total. The smallest absolute Gasteiger partial charge is 0.123 e. The molecular weight excluding hydrogens is 217 g/mol. The first-order valence-electron chi connectivity index (χ1n) is 5.62. The summed E-state index contributed by atoms with van der Waals surface area (Å²) in [5.41, 5.74) is 3.15. The predicted octanol–water partition coefficient (Wildman–Crippen LogP) is 2.17. The van der Waals surface area contributed by atoms with Gasteiger partial charge in [0.2, 0.25) is 0 Å². The summed E-state index contributed by atoms with van der Waals surface area (Å²) in [5, 5.41) is 3.05. The zero-order valence-corrected chi connectivity index (χ0v) is 10.0. The molecule has 0 aliphatic heterocycles. The fourth-order valence-corrected chi connectivity index (χ4v) is 1.78. The van der Waals surface area contributed by atoms with E-state index in [1.54, 1.807) is 12.1 Å². The number of nitrogens with one attached hydrogen (secondary N) is 2. The van der Waals surface area contributed by atoms with Gasteiger partial charge >= 0.3 is 0 Å². The fraction of sp³-hybridized carbons (Fsp3) is 0.308. The molecule has 0 bridgehead atoms. The van der Waals surface area contributed by atoms with E-state index in [1.807, 2.05) is 14.0 Å². The van der Waals surface area contributed by atoms with Crippen LogP contribution < -0.4 is 5.32 Å². The van der Waals surface area contributed by atoms with Gasteiger partial charge in [-0.1, -0.05) is 12.1 Å². The third-order valence-corrected chi connectivity index (χ3v) is 2.66. The van der Waals surface area contributed by atoms with Crippen molar-refractivity contribution in [1.29, 1.82) is 0 Å². The SMILES string of the molecule is CNCc1nc(Cc2ccc(F)cc2)c(C)[nH]1. The predicted molar refractivity (Wildman–Crippen MR) is 65.3 cm³/mol. The zero-order chi connectivity index (χ0) is 12.3. The van der Waals surface area contributed by atoms with Crippen molar-refractivity contribution in [2.75, 3.05) is 7.05 Å². The molecule has 0 spiro atoms. The standard InChI is InChI=1S/C13H16FN3/c1-9-12(17-13(16-9)8-15-2)7-10-3-5-11(14)6-4-10/h3-6,15H,7-8H2,1-2H3,(H,16,17). The number of halogens is 1. The molecule has 0 saturated carbocycles. The van der Waals surface area contributed by atoms with E-state index in [1.165, 1.54) is 12.1 Å². The van der Waals surface area contributed by atoms with Crippen LogP contribution in [0.4, 0.5) is 4.39 Å². The lowest BCUT2D eigenvalue weighted by atomic mass is 10.1. The lowest BCUT2D eigenvalue weighted by Crippen LogP contribution is -2.06. The summed E-state index contributed by atoms with van der Waals surface area (Å²) >= 11 is 0. The van der Waals surface area contributed by atoms with E-state index in [2.05, 4.69) is 15.3 Å². The van der Waals surface area contributed by atoms with E-state index in [0.717, 1.165) is 35.7 Å². The number of H-pyrrole nitrogens is 1. The third-order valence-electron chi connectivity index (χ3n) is 2.66. The number of nitrogens with zero attached hydrogens (tertiary/aromatic N) is 1. The van der Waals surface area contributed by atoms with Crippen LogP contribution in [0, 0.1) is 12.7 Å². The lowest BCUT2D eigenvalue weighted by Gasteiger charge is -1.99. The molecule has 4 heteroatoms. The summed E-state index contributed by atoms with van der Waals surface area (Å²) in [6.07, 6.45) is 0.728. The molecule has 1 aromatic heterocycles. The number of aryl methyl sites for hydroxylation is 1. The van der Waals surface area contributed by atoms with E-state index in [4.69, 9.17) is 0 Å². The van der Waals surface area contributed by atoms with Crippen LogP contribution in [0.15, 0.2) is 24.3 Å². The normalized spacial score (nSPS) is 10.8. The number of aromatic amines is 1. The summed E-state index contributed by atoms with van der Waals surface area (Å²) < 4.78 is 12.8. The van der Waals surface area contributed by atoms with E-state index in [9.17, 15) is 4.39 Å². The molecule has 0 saturated heterocycles. The lowest BCUT2D eigenvalue weighted by molar-refractivity contribution is 0.627. The molecule has 1 heterocycles. The Kier molecular flexibility index (Phi) is 3.54. The summed E-state index contributed by atoms with van der Waals surface area (Å²) in [6.45, 7) is 2.73. The molecule has 17 heavy (non-hydrogen) atoms. The van der Waals surface area contributed by atoms with E-state index >= 15 is 0 Å². The molecule has 90 valence electrons. The van der Waals surface area contributed by atoms with Gasteiger partial charge in [0, 0.05) is 12.1 Å². The largest absolute Gasteiger partial charge is 0.345 e.